The molecule has 0 aromatic heterocycles. The molecular weight excluding hydrogens is 363 g/mol. The van der Waals surface area contributed by atoms with Crippen LogP contribution in [0.3, 0.4) is 0 Å². The molecule has 6 nitrogen and oxygen atoms in total. The first-order valence-corrected chi connectivity index (χ1v) is 9.02. The Balaban J connectivity index is 2.00. The number of thiocarbonyl (C=S) groups is 1. The molecule has 0 aliphatic carbocycles. The molecule has 2 rings (SSSR count). The van der Waals surface area contributed by atoms with Gasteiger partial charge in [-0.2, -0.15) is 5.10 Å². The predicted octanol–water partition coefficient (Wildman–Crippen LogP) is 2.40. The van der Waals surface area contributed by atoms with Gasteiger partial charge >= 0.3 is 0 Å². The molecule has 0 unspecified atom stereocenters. The van der Waals surface area contributed by atoms with E-state index in [-0.39, 0.29) is 15.8 Å². The van der Waals surface area contributed by atoms with Crippen molar-refractivity contribution in [2.45, 2.75) is 4.90 Å². The van der Waals surface area contributed by atoms with Crippen LogP contribution >= 0.6 is 12.2 Å². The molecule has 0 heterocycles. The largest absolute Gasteiger partial charge is 0.331 e. The number of sulfonamides is 1. The third kappa shape index (κ3) is 5.31. The maximum absolute atomic E-state index is 12.8. The van der Waals surface area contributed by atoms with E-state index in [9.17, 15) is 12.8 Å². The number of hydrogen-bond acceptors (Lipinski definition) is 4. The van der Waals surface area contributed by atoms with E-state index in [4.69, 9.17) is 12.2 Å². The van der Waals surface area contributed by atoms with Crippen molar-refractivity contribution in [3.8, 4) is 0 Å². The van der Waals surface area contributed by atoms with Crippen molar-refractivity contribution in [3.63, 3.8) is 0 Å². The zero-order valence-corrected chi connectivity index (χ0v) is 15.2. The molecule has 0 aliphatic rings. The normalized spacial score (nSPS) is 11.7. The molecule has 0 fully saturated rings. The molecule has 2 N–H and O–H groups in total. The molecule has 25 heavy (non-hydrogen) atoms. The smallest absolute Gasteiger partial charge is 0.242 e. The summed E-state index contributed by atoms with van der Waals surface area (Å²) in [5.74, 6) is -0.324. The van der Waals surface area contributed by atoms with Gasteiger partial charge in [-0.25, -0.2) is 17.1 Å². The van der Waals surface area contributed by atoms with E-state index in [1.165, 1.54) is 44.6 Å². The first-order valence-electron chi connectivity index (χ1n) is 7.17. The van der Waals surface area contributed by atoms with Gasteiger partial charge in [-0.15, -0.1) is 0 Å². The van der Waals surface area contributed by atoms with Crippen molar-refractivity contribution in [1.82, 2.24) is 9.73 Å². The predicted molar refractivity (Wildman–Crippen MR) is 101 cm³/mol. The monoisotopic (exact) mass is 380 g/mol. The first-order chi connectivity index (χ1) is 11.8. The first kappa shape index (κ1) is 19.0. The summed E-state index contributed by atoms with van der Waals surface area (Å²) in [5.41, 5.74) is 3.83. The Labute approximate surface area is 151 Å². The molecule has 2 aromatic carbocycles. The highest BCUT2D eigenvalue weighted by molar-refractivity contribution is 7.89. The summed E-state index contributed by atoms with van der Waals surface area (Å²) in [6.07, 6.45) is 1.49. The van der Waals surface area contributed by atoms with Gasteiger partial charge in [0.1, 0.15) is 5.82 Å². The van der Waals surface area contributed by atoms with Crippen LogP contribution in [-0.4, -0.2) is 38.1 Å². The highest BCUT2D eigenvalue weighted by atomic mass is 32.2. The maximum atomic E-state index is 12.8. The van der Waals surface area contributed by atoms with Gasteiger partial charge in [-0.1, -0.05) is 18.2 Å². The fourth-order valence-electron chi connectivity index (χ4n) is 1.82. The SMILES string of the molecule is CN(C)S(=O)(=O)c1cccc(NC(=S)N/N=C/c2ccc(F)cc2)c1. The van der Waals surface area contributed by atoms with Crippen LogP contribution in [-0.2, 0) is 10.0 Å². The Bertz CT molecular complexity index is 881. The minimum atomic E-state index is -3.52. The van der Waals surface area contributed by atoms with Gasteiger partial charge in [-0.3, -0.25) is 5.43 Å². The van der Waals surface area contributed by atoms with Crippen molar-refractivity contribution in [2.75, 3.05) is 19.4 Å². The van der Waals surface area contributed by atoms with Crippen LogP contribution in [0.4, 0.5) is 10.1 Å². The second kappa shape index (κ2) is 8.15. The lowest BCUT2D eigenvalue weighted by molar-refractivity contribution is 0.521. The number of anilines is 1. The van der Waals surface area contributed by atoms with Crippen LogP contribution in [0, 0.1) is 5.82 Å². The van der Waals surface area contributed by atoms with Crippen molar-refractivity contribution >= 4 is 39.3 Å². The van der Waals surface area contributed by atoms with Crippen LogP contribution < -0.4 is 10.7 Å². The number of hydrogen-bond donors (Lipinski definition) is 2. The van der Waals surface area contributed by atoms with Crippen molar-refractivity contribution in [3.05, 3.63) is 59.9 Å². The molecule has 0 bridgehead atoms. The quantitative estimate of drug-likeness (QED) is 0.473. The summed E-state index contributed by atoms with van der Waals surface area (Å²) in [7, 11) is -0.594. The number of halogens is 1. The molecule has 0 radical (unpaired) electrons. The lowest BCUT2D eigenvalue weighted by atomic mass is 10.2. The van der Waals surface area contributed by atoms with Crippen molar-refractivity contribution < 1.29 is 12.8 Å². The average Bonchev–Trinajstić information content (AvgIpc) is 2.56. The molecule has 9 heteroatoms. The van der Waals surface area contributed by atoms with Crippen molar-refractivity contribution in [2.24, 2.45) is 5.10 Å². The summed E-state index contributed by atoms with van der Waals surface area (Å²) in [6.45, 7) is 0. The second-order valence-corrected chi connectivity index (χ2v) is 7.75. The molecule has 132 valence electrons. The number of benzene rings is 2. The Morgan fingerprint density at radius 1 is 1.20 bits per heavy atom. The summed E-state index contributed by atoms with van der Waals surface area (Å²) in [6, 6.07) is 12.1. The summed E-state index contributed by atoms with van der Waals surface area (Å²) in [5, 5.41) is 6.98. The van der Waals surface area contributed by atoms with E-state index in [2.05, 4.69) is 15.8 Å². The van der Waals surface area contributed by atoms with Gasteiger partial charge in [0.2, 0.25) is 10.0 Å². The molecule has 0 amide bonds. The van der Waals surface area contributed by atoms with E-state index >= 15 is 0 Å². The summed E-state index contributed by atoms with van der Waals surface area (Å²) >= 11 is 5.10. The number of rotatable bonds is 5. The summed E-state index contributed by atoms with van der Waals surface area (Å²) in [4.78, 5) is 0.153. The third-order valence-electron chi connectivity index (χ3n) is 3.12. The Kier molecular flexibility index (Phi) is 6.18. The van der Waals surface area contributed by atoms with Gasteiger partial charge in [0.25, 0.3) is 0 Å². The summed E-state index contributed by atoms with van der Waals surface area (Å²) < 4.78 is 38.2. The Morgan fingerprint density at radius 2 is 1.88 bits per heavy atom. The van der Waals surface area contributed by atoms with Gasteiger partial charge in [0, 0.05) is 19.8 Å². The fraction of sp³-hybridized carbons (Fsp3) is 0.125. The highest BCUT2D eigenvalue weighted by Gasteiger charge is 2.17. The number of hydrazone groups is 1. The zero-order valence-electron chi connectivity index (χ0n) is 13.6. The van der Waals surface area contributed by atoms with E-state index < -0.39 is 10.0 Å². The van der Waals surface area contributed by atoms with Gasteiger partial charge in [0.05, 0.1) is 11.1 Å². The third-order valence-corrected chi connectivity index (χ3v) is 5.12. The van der Waals surface area contributed by atoms with Gasteiger partial charge < -0.3 is 5.32 Å². The minimum Gasteiger partial charge on any atom is -0.331 e. The highest BCUT2D eigenvalue weighted by Crippen LogP contribution is 2.17. The minimum absolute atomic E-state index is 0.153. The Morgan fingerprint density at radius 3 is 2.52 bits per heavy atom. The van der Waals surface area contributed by atoms with E-state index in [0.29, 0.717) is 11.3 Å². The molecular formula is C16H17FN4O2S2. The molecule has 0 saturated heterocycles. The van der Waals surface area contributed by atoms with E-state index in [1.807, 2.05) is 0 Å². The van der Waals surface area contributed by atoms with Gasteiger partial charge in [-0.05, 0) is 48.1 Å². The fourth-order valence-corrected chi connectivity index (χ4v) is 2.94. The Hall–Kier alpha value is -2.36. The van der Waals surface area contributed by atoms with Crippen LogP contribution in [0.25, 0.3) is 0 Å². The maximum Gasteiger partial charge on any atom is 0.242 e. The van der Waals surface area contributed by atoms with Crippen LogP contribution in [0.2, 0.25) is 0 Å². The number of nitrogens with zero attached hydrogens (tertiary/aromatic N) is 2. The van der Waals surface area contributed by atoms with Crippen molar-refractivity contribution in [1.29, 1.82) is 0 Å². The number of nitrogens with one attached hydrogen (secondary N) is 2. The molecule has 0 saturated carbocycles. The molecule has 2 aromatic rings. The lowest BCUT2D eigenvalue weighted by Crippen LogP contribution is -2.25. The second-order valence-electron chi connectivity index (χ2n) is 5.19. The molecule has 0 atom stereocenters. The topological polar surface area (TPSA) is 73.8 Å². The molecule has 0 aliphatic heterocycles. The van der Waals surface area contributed by atoms with Gasteiger partial charge in [0.15, 0.2) is 5.11 Å². The molecule has 0 spiro atoms. The van der Waals surface area contributed by atoms with E-state index in [1.54, 1.807) is 24.3 Å². The van der Waals surface area contributed by atoms with E-state index in [0.717, 1.165) is 4.31 Å². The standard InChI is InChI=1S/C16H17FN4O2S2/c1-21(2)25(22,23)15-5-3-4-14(10-15)19-16(24)20-18-11-12-6-8-13(17)9-7-12/h3-11H,1-2H3,(H2,19,20,24)/b18-11+. The average molecular weight is 380 g/mol. The van der Waals surface area contributed by atoms with Crippen LogP contribution in [0.15, 0.2) is 58.5 Å². The lowest BCUT2D eigenvalue weighted by Gasteiger charge is -2.13. The van der Waals surface area contributed by atoms with Crippen LogP contribution in [0.5, 0.6) is 0 Å². The zero-order chi connectivity index (χ0) is 18.4. The van der Waals surface area contributed by atoms with Crippen LogP contribution in [0.1, 0.15) is 5.56 Å².